The standard InChI is InChI=1S/C10H16N2O3S/c1-8-7-9(4-5-11-8)12-16(13,14)10-3-2-6-15-10/h2-3,6,8-9,11-12H,4-5,7H2,1H3. The monoisotopic (exact) mass is 244 g/mol. The van der Waals surface area contributed by atoms with Crippen molar-refractivity contribution < 1.29 is 12.8 Å². The van der Waals surface area contributed by atoms with Gasteiger partial charge in [-0.1, -0.05) is 0 Å². The molecule has 16 heavy (non-hydrogen) atoms. The predicted molar refractivity (Wildman–Crippen MR) is 59.5 cm³/mol. The van der Waals surface area contributed by atoms with E-state index in [4.69, 9.17) is 4.42 Å². The van der Waals surface area contributed by atoms with Gasteiger partial charge < -0.3 is 9.73 Å². The van der Waals surface area contributed by atoms with Crippen LogP contribution in [-0.2, 0) is 10.0 Å². The van der Waals surface area contributed by atoms with Crippen LogP contribution in [0.25, 0.3) is 0 Å². The van der Waals surface area contributed by atoms with Gasteiger partial charge in [0.1, 0.15) is 0 Å². The van der Waals surface area contributed by atoms with E-state index in [2.05, 4.69) is 10.0 Å². The van der Waals surface area contributed by atoms with E-state index in [0.29, 0.717) is 6.04 Å². The van der Waals surface area contributed by atoms with Crippen molar-refractivity contribution in [3.05, 3.63) is 18.4 Å². The van der Waals surface area contributed by atoms with Crippen LogP contribution in [-0.4, -0.2) is 27.0 Å². The van der Waals surface area contributed by atoms with Gasteiger partial charge in [-0.05, 0) is 38.4 Å². The third kappa shape index (κ3) is 2.63. The van der Waals surface area contributed by atoms with Crippen LogP contribution >= 0.6 is 0 Å². The summed E-state index contributed by atoms with van der Waals surface area (Å²) in [5, 5.41) is 3.26. The highest BCUT2D eigenvalue weighted by atomic mass is 32.2. The number of nitrogens with one attached hydrogen (secondary N) is 2. The minimum Gasteiger partial charge on any atom is -0.452 e. The molecule has 1 aliphatic heterocycles. The Balaban J connectivity index is 2.04. The molecule has 2 unspecified atom stereocenters. The third-order valence-corrected chi connectivity index (χ3v) is 4.11. The second kappa shape index (κ2) is 4.57. The lowest BCUT2D eigenvalue weighted by Crippen LogP contribution is -2.46. The average Bonchev–Trinajstić information content (AvgIpc) is 2.69. The molecule has 0 bridgehead atoms. The SMILES string of the molecule is CC1CC(NS(=O)(=O)c2ccco2)CCN1. The largest absolute Gasteiger partial charge is 0.452 e. The first-order valence-electron chi connectivity index (χ1n) is 5.37. The summed E-state index contributed by atoms with van der Waals surface area (Å²) in [6, 6.07) is 3.36. The van der Waals surface area contributed by atoms with Gasteiger partial charge in [0.25, 0.3) is 10.0 Å². The number of furan rings is 1. The Morgan fingerprint density at radius 2 is 2.38 bits per heavy atom. The van der Waals surface area contributed by atoms with Crippen LogP contribution in [0.5, 0.6) is 0 Å². The zero-order valence-corrected chi connectivity index (χ0v) is 9.96. The highest BCUT2D eigenvalue weighted by molar-refractivity contribution is 7.89. The second-order valence-electron chi connectivity index (χ2n) is 4.13. The highest BCUT2D eigenvalue weighted by Gasteiger charge is 2.25. The molecule has 2 atom stereocenters. The van der Waals surface area contributed by atoms with Crippen molar-refractivity contribution in [2.75, 3.05) is 6.54 Å². The van der Waals surface area contributed by atoms with E-state index in [0.717, 1.165) is 19.4 Å². The van der Waals surface area contributed by atoms with E-state index in [1.807, 2.05) is 6.92 Å². The maximum atomic E-state index is 11.8. The van der Waals surface area contributed by atoms with Gasteiger partial charge in [-0.15, -0.1) is 0 Å². The summed E-state index contributed by atoms with van der Waals surface area (Å²) in [7, 11) is -3.48. The molecule has 5 nitrogen and oxygen atoms in total. The molecule has 2 rings (SSSR count). The van der Waals surface area contributed by atoms with Crippen LogP contribution in [0.2, 0.25) is 0 Å². The Labute approximate surface area is 95.3 Å². The van der Waals surface area contributed by atoms with Gasteiger partial charge >= 0.3 is 0 Å². The molecular weight excluding hydrogens is 228 g/mol. The predicted octanol–water partition coefficient (Wildman–Crippen LogP) is 0.698. The van der Waals surface area contributed by atoms with E-state index >= 15 is 0 Å². The van der Waals surface area contributed by atoms with Crippen LogP contribution in [0, 0.1) is 0 Å². The van der Waals surface area contributed by atoms with Gasteiger partial charge in [-0.3, -0.25) is 0 Å². The minimum absolute atomic E-state index is 0.00801. The second-order valence-corrected chi connectivity index (χ2v) is 5.77. The highest BCUT2D eigenvalue weighted by Crippen LogP contribution is 2.14. The molecule has 90 valence electrons. The van der Waals surface area contributed by atoms with E-state index in [9.17, 15) is 8.42 Å². The van der Waals surface area contributed by atoms with Crippen LogP contribution in [0.3, 0.4) is 0 Å². The molecular formula is C10H16N2O3S. The molecule has 1 aliphatic rings. The van der Waals surface area contributed by atoms with Crippen molar-refractivity contribution in [2.24, 2.45) is 0 Å². The van der Waals surface area contributed by atoms with Crippen LogP contribution in [0.4, 0.5) is 0 Å². The van der Waals surface area contributed by atoms with Crippen molar-refractivity contribution in [1.29, 1.82) is 0 Å². The van der Waals surface area contributed by atoms with Crippen molar-refractivity contribution in [2.45, 2.75) is 36.9 Å². The first-order valence-corrected chi connectivity index (χ1v) is 6.85. The molecule has 0 spiro atoms. The van der Waals surface area contributed by atoms with Crippen molar-refractivity contribution in [3.63, 3.8) is 0 Å². The van der Waals surface area contributed by atoms with E-state index in [1.165, 1.54) is 12.3 Å². The van der Waals surface area contributed by atoms with E-state index in [1.54, 1.807) is 6.07 Å². The zero-order chi connectivity index (χ0) is 11.6. The molecule has 0 aliphatic carbocycles. The van der Waals surface area contributed by atoms with Gasteiger partial charge in [0.05, 0.1) is 6.26 Å². The Bertz CT molecular complexity index is 427. The van der Waals surface area contributed by atoms with Crippen LogP contribution < -0.4 is 10.0 Å². The van der Waals surface area contributed by atoms with Crippen molar-refractivity contribution >= 4 is 10.0 Å². The summed E-state index contributed by atoms with van der Waals surface area (Å²) in [5.41, 5.74) is 0. The topological polar surface area (TPSA) is 71.3 Å². The molecule has 0 aromatic carbocycles. The average molecular weight is 244 g/mol. The summed E-state index contributed by atoms with van der Waals surface area (Å²) in [5.74, 6) is 0. The summed E-state index contributed by atoms with van der Waals surface area (Å²) in [4.78, 5) is 0. The Morgan fingerprint density at radius 3 is 3.00 bits per heavy atom. The molecule has 1 aromatic heterocycles. The Kier molecular flexibility index (Phi) is 3.32. The number of sulfonamides is 1. The molecule has 2 heterocycles. The lowest BCUT2D eigenvalue weighted by molar-refractivity contribution is 0.357. The molecule has 1 saturated heterocycles. The van der Waals surface area contributed by atoms with Gasteiger partial charge in [-0.2, -0.15) is 0 Å². The Hall–Kier alpha value is -0.850. The Morgan fingerprint density at radius 1 is 1.56 bits per heavy atom. The van der Waals surface area contributed by atoms with Gasteiger partial charge in [0.2, 0.25) is 5.09 Å². The lowest BCUT2D eigenvalue weighted by atomic mass is 10.0. The van der Waals surface area contributed by atoms with Crippen LogP contribution in [0.15, 0.2) is 27.9 Å². The van der Waals surface area contributed by atoms with Gasteiger partial charge in [0.15, 0.2) is 0 Å². The molecule has 0 radical (unpaired) electrons. The fourth-order valence-corrected chi connectivity index (χ4v) is 3.14. The fourth-order valence-electron chi connectivity index (χ4n) is 1.93. The van der Waals surface area contributed by atoms with Gasteiger partial charge in [-0.25, -0.2) is 13.1 Å². The maximum Gasteiger partial charge on any atom is 0.274 e. The smallest absolute Gasteiger partial charge is 0.274 e. The van der Waals surface area contributed by atoms with Gasteiger partial charge in [0, 0.05) is 12.1 Å². The first-order chi connectivity index (χ1) is 7.58. The van der Waals surface area contributed by atoms with Crippen molar-refractivity contribution in [3.8, 4) is 0 Å². The van der Waals surface area contributed by atoms with Crippen LogP contribution in [0.1, 0.15) is 19.8 Å². The fraction of sp³-hybridized carbons (Fsp3) is 0.600. The zero-order valence-electron chi connectivity index (χ0n) is 9.14. The maximum absolute atomic E-state index is 11.8. The molecule has 6 heteroatoms. The van der Waals surface area contributed by atoms with Crippen molar-refractivity contribution in [1.82, 2.24) is 10.0 Å². The lowest BCUT2D eigenvalue weighted by Gasteiger charge is -2.28. The molecule has 0 saturated carbocycles. The number of rotatable bonds is 3. The number of piperidine rings is 1. The minimum atomic E-state index is -3.48. The molecule has 0 amide bonds. The van der Waals surface area contributed by atoms with E-state index in [-0.39, 0.29) is 11.1 Å². The number of hydrogen-bond donors (Lipinski definition) is 2. The summed E-state index contributed by atoms with van der Waals surface area (Å²) < 4.78 is 31.3. The summed E-state index contributed by atoms with van der Waals surface area (Å²) >= 11 is 0. The summed E-state index contributed by atoms with van der Waals surface area (Å²) in [6.45, 7) is 2.89. The molecule has 1 aromatic rings. The third-order valence-electron chi connectivity index (χ3n) is 2.71. The molecule has 1 fully saturated rings. The molecule has 2 N–H and O–H groups in total. The number of hydrogen-bond acceptors (Lipinski definition) is 4. The quantitative estimate of drug-likeness (QED) is 0.821. The summed E-state index contributed by atoms with van der Waals surface area (Å²) in [6.07, 6.45) is 2.98. The normalized spacial score (nSPS) is 26.8. The van der Waals surface area contributed by atoms with E-state index < -0.39 is 10.0 Å². The first kappa shape index (κ1) is 11.6.